The number of hydrogen-bond donors (Lipinski definition) is 3. The number of hydrogen-bond acceptors (Lipinski definition) is 3. The number of aliphatic hydroxyl groups is 1. The summed E-state index contributed by atoms with van der Waals surface area (Å²) in [6.07, 6.45) is 3.34. The molecule has 0 fully saturated rings. The highest BCUT2D eigenvalue weighted by molar-refractivity contribution is 5.94. The fourth-order valence-corrected chi connectivity index (χ4v) is 1.79. The van der Waals surface area contributed by atoms with Gasteiger partial charge >= 0.3 is 0 Å². The van der Waals surface area contributed by atoms with Gasteiger partial charge in [-0.2, -0.15) is 0 Å². The standard InChI is InChI=1S/C15H15N3O2/c1-11-7-12(3-2-6-19)9-13(8-11)15(20)18-10-14-16-4-5-17-14/h4-5,7-9,19H,6,10H2,1H3,(H,16,17)(H,18,20). The molecule has 1 aromatic carbocycles. The first-order chi connectivity index (χ1) is 9.69. The van der Waals surface area contributed by atoms with E-state index in [0.29, 0.717) is 23.5 Å². The molecule has 1 aromatic heterocycles. The van der Waals surface area contributed by atoms with Gasteiger partial charge in [-0.25, -0.2) is 4.98 Å². The van der Waals surface area contributed by atoms with Gasteiger partial charge in [-0.05, 0) is 30.7 Å². The topological polar surface area (TPSA) is 78.0 Å². The lowest BCUT2D eigenvalue weighted by Gasteiger charge is -2.05. The minimum atomic E-state index is -0.200. The summed E-state index contributed by atoms with van der Waals surface area (Å²) in [5, 5.41) is 11.5. The van der Waals surface area contributed by atoms with Crippen LogP contribution in [-0.2, 0) is 6.54 Å². The van der Waals surface area contributed by atoms with Crippen LogP contribution in [0.1, 0.15) is 27.3 Å². The van der Waals surface area contributed by atoms with Crippen molar-refractivity contribution in [1.82, 2.24) is 15.3 Å². The molecule has 0 aliphatic heterocycles. The number of H-pyrrole nitrogens is 1. The van der Waals surface area contributed by atoms with Crippen molar-refractivity contribution in [2.24, 2.45) is 0 Å². The maximum absolute atomic E-state index is 12.1. The van der Waals surface area contributed by atoms with Gasteiger partial charge in [0.1, 0.15) is 12.4 Å². The van der Waals surface area contributed by atoms with E-state index < -0.39 is 0 Å². The predicted molar refractivity (Wildman–Crippen MR) is 74.9 cm³/mol. The Morgan fingerprint density at radius 1 is 1.45 bits per heavy atom. The number of nitrogens with one attached hydrogen (secondary N) is 2. The van der Waals surface area contributed by atoms with Gasteiger partial charge in [0.15, 0.2) is 0 Å². The van der Waals surface area contributed by atoms with E-state index in [4.69, 9.17) is 5.11 Å². The van der Waals surface area contributed by atoms with Crippen LogP contribution in [0.2, 0.25) is 0 Å². The van der Waals surface area contributed by atoms with Crippen molar-refractivity contribution in [2.75, 3.05) is 6.61 Å². The van der Waals surface area contributed by atoms with E-state index in [2.05, 4.69) is 27.1 Å². The minimum absolute atomic E-state index is 0.183. The van der Waals surface area contributed by atoms with Crippen molar-refractivity contribution in [1.29, 1.82) is 0 Å². The molecule has 20 heavy (non-hydrogen) atoms. The fraction of sp³-hybridized carbons (Fsp3) is 0.200. The first kappa shape index (κ1) is 13.8. The molecular weight excluding hydrogens is 254 g/mol. The van der Waals surface area contributed by atoms with E-state index in [1.165, 1.54) is 0 Å². The summed E-state index contributed by atoms with van der Waals surface area (Å²) in [6, 6.07) is 5.36. The van der Waals surface area contributed by atoms with Gasteiger partial charge < -0.3 is 15.4 Å². The quantitative estimate of drug-likeness (QED) is 0.727. The van der Waals surface area contributed by atoms with Gasteiger partial charge in [0.05, 0.1) is 6.54 Å². The van der Waals surface area contributed by atoms with Crippen molar-refractivity contribution in [3.63, 3.8) is 0 Å². The van der Waals surface area contributed by atoms with E-state index in [9.17, 15) is 4.79 Å². The molecule has 0 saturated heterocycles. The monoisotopic (exact) mass is 269 g/mol. The molecule has 102 valence electrons. The van der Waals surface area contributed by atoms with Crippen LogP contribution < -0.4 is 5.32 Å². The zero-order valence-electron chi connectivity index (χ0n) is 11.1. The number of carbonyl (C=O) groups excluding carboxylic acids is 1. The molecule has 5 nitrogen and oxygen atoms in total. The molecule has 0 aliphatic rings. The summed E-state index contributed by atoms with van der Waals surface area (Å²) in [4.78, 5) is 19.0. The van der Waals surface area contributed by atoms with Crippen LogP contribution in [-0.4, -0.2) is 27.6 Å². The van der Waals surface area contributed by atoms with Crippen LogP contribution in [0.4, 0.5) is 0 Å². The molecule has 0 atom stereocenters. The molecular formula is C15H15N3O2. The number of aliphatic hydroxyl groups excluding tert-OH is 1. The number of carbonyl (C=O) groups is 1. The smallest absolute Gasteiger partial charge is 0.251 e. The molecule has 3 N–H and O–H groups in total. The Balaban J connectivity index is 2.10. The Labute approximate surface area is 117 Å². The number of amides is 1. The predicted octanol–water partition coefficient (Wildman–Crippen LogP) is 0.992. The number of imidazole rings is 1. The first-order valence-electron chi connectivity index (χ1n) is 6.17. The third-order valence-electron chi connectivity index (χ3n) is 2.62. The largest absolute Gasteiger partial charge is 0.384 e. The number of rotatable bonds is 3. The van der Waals surface area contributed by atoms with Crippen LogP contribution >= 0.6 is 0 Å². The van der Waals surface area contributed by atoms with Crippen LogP contribution in [0.15, 0.2) is 30.6 Å². The Bertz CT molecular complexity index is 651. The summed E-state index contributed by atoms with van der Waals surface area (Å²) >= 11 is 0. The van der Waals surface area contributed by atoms with E-state index in [1.807, 2.05) is 13.0 Å². The van der Waals surface area contributed by atoms with E-state index in [1.54, 1.807) is 24.5 Å². The van der Waals surface area contributed by atoms with Gasteiger partial charge in [0.25, 0.3) is 5.91 Å². The molecule has 1 heterocycles. The van der Waals surface area contributed by atoms with Crippen LogP contribution in [0.5, 0.6) is 0 Å². The Morgan fingerprint density at radius 3 is 3.00 bits per heavy atom. The Hall–Kier alpha value is -2.58. The van der Waals surface area contributed by atoms with E-state index >= 15 is 0 Å². The Morgan fingerprint density at radius 2 is 2.30 bits per heavy atom. The lowest BCUT2D eigenvalue weighted by Crippen LogP contribution is -2.23. The van der Waals surface area contributed by atoms with Crippen LogP contribution in [0.25, 0.3) is 0 Å². The van der Waals surface area contributed by atoms with Gasteiger partial charge in [-0.1, -0.05) is 11.8 Å². The maximum atomic E-state index is 12.1. The first-order valence-corrected chi connectivity index (χ1v) is 6.17. The zero-order valence-corrected chi connectivity index (χ0v) is 11.1. The normalized spacial score (nSPS) is 9.70. The molecule has 1 amide bonds. The molecule has 2 rings (SSSR count). The highest BCUT2D eigenvalue weighted by atomic mass is 16.2. The number of aromatic amines is 1. The number of benzene rings is 1. The minimum Gasteiger partial charge on any atom is -0.384 e. The summed E-state index contributed by atoms with van der Waals surface area (Å²) in [7, 11) is 0. The van der Waals surface area contributed by atoms with Crippen molar-refractivity contribution in [3.8, 4) is 11.8 Å². The zero-order chi connectivity index (χ0) is 14.4. The average molecular weight is 269 g/mol. The van der Waals surface area contributed by atoms with E-state index in [0.717, 1.165) is 5.56 Å². The summed E-state index contributed by atoms with van der Waals surface area (Å²) in [5.41, 5.74) is 2.19. The summed E-state index contributed by atoms with van der Waals surface area (Å²) in [5.74, 6) is 5.89. The second-order valence-corrected chi connectivity index (χ2v) is 4.27. The maximum Gasteiger partial charge on any atom is 0.251 e. The van der Waals surface area contributed by atoms with Gasteiger partial charge in [-0.15, -0.1) is 0 Å². The number of aryl methyl sites for hydroxylation is 1. The molecule has 2 aromatic rings. The Kier molecular flexibility index (Phi) is 4.53. The highest BCUT2D eigenvalue weighted by Gasteiger charge is 2.07. The van der Waals surface area contributed by atoms with Crippen molar-refractivity contribution in [2.45, 2.75) is 13.5 Å². The molecule has 5 heteroatoms. The SMILES string of the molecule is Cc1cc(C#CCO)cc(C(=O)NCc2ncc[nH]2)c1. The molecule has 0 unspecified atom stereocenters. The van der Waals surface area contributed by atoms with Crippen LogP contribution in [0.3, 0.4) is 0 Å². The number of aromatic nitrogens is 2. The summed E-state index contributed by atoms with van der Waals surface area (Å²) in [6.45, 7) is 2.04. The van der Waals surface area contributed by atoms with Crippen molar-refractivity contribution >= 4 is 5.91 Å². The fourth-order valence-electron chi connectivity index (χ4n) is 1.79. The molecule has 0 radical (unpaired) electrons. The average Bonchev–Trinajstić information content (AvgIpc) is 2.95. The summed E-state index contributed by atoms with van der Waals surface area (Å²) < 4.78 is 0. The molecule has 0 aliphatic carbocycles. The van der Waals surface area contributed by atoms with Gasteiger partial charge in [-0.3, -0.25) is 4.79 Å². The molecule has 0 saturated carbocycles. The third-order valence-corrected chi connectivity index (χ3v) is 2.62. The molecule has 0 bridgehead atoms. The molecule has 0 spiro atoms. The third kappa shape index (κ3) is 3.70. The lowest BCUT2D eigenvalue weighted by atomic mass is 10.1. The van der Waals surface area contributed by atoms with Gasteiger partial charge in [0.2, 0.25) is 0 Å². The second-order valence-electron chi connectivity index (χ2n) is 4.27. The van der Waals surface area contributed by atoms with Gasteiger partial charge in [0, 0.05) is 23.5 Å². The lowest BCUT2D eigenvalue weighted by molar-refractivity contribution is 0.0950. The number of nitrogens with zero attached hydrogens (tertiary/aromatic N) is 1. The second kappa shape index (κ2) is 6.55. The van der Waals surface area contributed by atoms with Crippen molar-refractivity contribution < 1.29 is 9.90 Å². The van der Waals surface area contributed by atoms with Crippen LogP contribution in [0, 0.1) is 18.8 Å². The van der Waals surface area contributed by atoms with Crippen molar-refractivity contribution in [3.05, 3.63) is 53.1 Å². The van der Waals surface area contributed by atoms with E-state index in [-0.39, 0.29) is 12.5 Å². The highest BCUT2D eigenvalue weighted by Crippen LogP contribution is 2.09.